The van der Waals surface area contributed by atoms with Crippen LogP contribution in [-0.2, 0) is 13.6 Å². The van der Waals surface area contributed by atoms with Crippen LogP contribution in [-0.4, -0.2) is 34.5 Å². The van der Waals surface area contributed by atoms with Gasteiger partial charge in [-0.05, 0) is 31.0 Å². The second kappa shape index (κ2) is 6.92. The Labute approximate surface area is 125 Å². The van der Waals surface area contributed by atoms with Gasteiger partial charge in [-0.1, -0.05) is 12.1 Å². The van der Waals surface area contributed by atoms with Gasteiger partial charge in [0.25, 0.3) is 0 Å². The average molecular weight is 290 g/mol. The summed E-state index contributed by atoms with van der Waals surface area (Å²) in [6.07, 6.45) is 6.03. The predicted octanol–water partition coefficient (Wildman–Crippen LogP) is 2.27. The monoisotopic (exact) mass is 290 g/mol. The molecule has 2 aromatic rings. The number of aromatic nitrogens is 2. The second-order valence-corrected chi connectivity index (χ2v) is 5.84. The molecular formula is C15H22N4S. The van der Waals surface area contributed by atoms with Gasteiger partial charge in [0.2, 0.25) is 0 Å². The van der Waals surface area contributed by atoms with Gasteiger partial charge in [-0.3, -0.25) is 9.58 Å². The van der Waals surface area contributed by atoms with Crippen molar-refractivity contribution in [3.05, 3.63) is 47.8 Å². The average Bonchev–Trinajstić information content (AvgIpc) is 2.85. The number of nitrogens with two attached hydrogens (primary N) is 1. The van der Waals surface area contributed by atoms with Gasteiger partial charge >= 0.3 is 0 Å². The van der Waals surface area contributed by atoms with Gasteiger partial charge in [0.1, 0.15) is 0 Å². The van der Waals surface area contributed by atoms with Crippen molar-refractivity contribution in [2.75, 3.05) is 19.8 Å². The van der Waals surface area contributed by atoms with E-state index in [0.717, 1.165) is 6.54 Å². The fraction of sp³-hybridized carbons (Fsp3) is 0.400. The molecule has 2 N–H and O–H groups in total. The lowest BCUT2D eigenvalue weighted by Crippen LogP contribution is -2.30. The van der Waals surface area contributed by atoms with E-state index in [2.05, 4.69) is 47.6 Å². The summed E-state index contributed by atoms with van der Waals surface area (Å²) in [5.74, 6) is 0. The molecule has 0 aliphatic heterocycles. The molecule has 1 aromatic carbocycles. The standard InChI is InChI=1S/C15H22N4S/c1-18(10-12-9-17-19(2)11-12)15(8-16)13-4-6-14(20-3)7-5-13/h4-7,9,11,15H,8,10,16H2,1-3H3. The lowest BCUT2D eigenvalue weighted by atomic mass is 10.1. The lowest BCUT2D eigenvalue weighted by molar-refractivity contribution is 0.241. The Hall–Kier alpha value is -1.30. The summed E-state index contributed by atoms with van der Waals surface area (Å²) in [6.45, 7) is 1.45. The third-order valence-electron chi connectivity index (χ3n) is 3.45. The van der Waals surface area contributed by atoms with Gasteiger partial charge < -0.3 is 5.73 Å². The molecule has 0 radical (unpaired) electrons. The molecule has 0 amide bonds. The highest BCUT2D eigenvalue weighted by Crippen LogP contribution is 2.23. The molecule has 0 aliphatic carbocycles. The Bertz CT molecular complexity index is 535. The van der Waals surface area contributed by atoms with Crippen molar-refractivity contribution in [3.63, 3.8) is 0 Å². The van der Waals surface area contributed by atoms with Gasteiger partial charge in [0.15, 0.2) is 0 Å². The van der Waals surface area contributed by atoms with Gasteiger partial charge in [0.05, 0.1) is 6.20 Å². The first kappa shape index (κ1) is 15.1. The second-order valence-electron chi connectivity index (χ2n) is 4.96. The van der Waals surface area contributed by atoms with E-state index >= 15 is 0 Å². The number of nitrogens with zero attached hydrogens (tertiary/aromatic N) is 3. The molecule has 1 aromatic heterocycles. The van der Waals surface area contributed by atoms with Crippen LogP contribution in [0.5, 0.6) is 0 Å². The molecule has 0 fully saturated rings. The fourth-order valence-corrected chi connectivity index (χ4v) is 2.76. The molecule has 0 spiro atoms. The fourth-order valence-electron chi connectivity index (χ4n) is 2.35. The summed E-state index contributed by atoms with van der Waals surface area (Å²) in [6, 6.07) is 8.87. The minimum absolute atomic E-state index is 0.228. The molecular weight excluding hydrogens is 268 g/mol. The third kappa shape index (κ3) is 3.62. The summed E-state index contributed by atoms with van der Waals surface area (Å²) >= 11 is 1.75. The summed E-state index contributed by atoms with van der Waals surface area (Å²) < 4.78 is 1.83. The molecule has 4 nitrogen and oxygen atoms in total. The molecule has 0 saturated heterocycles. The van der Waals surface area contributed by atoms with E-state index in [4.69, 9.17) is 5.73 Å². The molecule has 2 rings (SSSR count). The zero-order valence-corrected chi connectivity index (χ0v) is 13.1. The minimum Gasteiger partial charge on any atom is -0.329 e. The summed E-state index contributed by atoms with van der Waals surface area (Å²) in [5.41, 5.74) is 8.43. The van der Waals surface area contributed by atoms with E-state index in [1.807, 2.05) is 24.1 Å². The number of likely N-dealkylation sites (N-methyl/N-ethyl adjacent to an activating group) is 1. The van der Waals surface area contributed by atoms with E-state index in [-0.39, 0.29) is 6.04 Å². The van der Waals surface area contributed by atoms with Crippen LogP contribution in [0.1, 0.15) is 17.2 Å². The molecule has 1 heterocycles. The Morgan fingerprint density at radius 1 is 1.35 bits per heavy atom. The lowest BCUT2D eigenvalue weighted by Gasteiger charge is -2.27. The maximum Gasteiger partial charge on any atom is 0.0534 e. The molecule has 0 saturated carbocycles. The first-order valence-corrected chi connectivity index (χ1v) is 7.88. The Morgan fingerprint density at radius 2 is 2.05 bits per heavy atom. The third-order valence-corrected chi connectivity index (χ3v) is 4.19. The zero-order valence-electron chi connectivity index (χ0n) is 12.3. The van der Waals surface area contributed by atoms with Crippen molar-refractivity contribution in [1.29, 1.82) is 0 Å². The zero-order chi connectivity index (χ0) is 14.5. The molecule has 0 aliphatic rings. The molecule has 5 heteroatoms. The van der Waals surface area contributed by atoms with Crippen LogP contribution in [0, 0.1) is 0 Å². The number of hydrogen-bond donors (Lipinski definition) is 1. The summed E-state index contributed by atoms with van der Waals surface area (Å²) in [4.78, 5) is 3.55. The van der Waals surface area contributed by atoms with Crippen molar-refractivity contribution in [2.24, 2.45) is 12.8 Å². The summed E-state index contributed by atoms with van der Waals surface area (Å²) in [7, 11) is 4.04. The Kier molecular flexibility index (Phi) is 5.23. The topological polar surface area (TPSA) is 47.1 Å². The molecule has 1 unspecified atom stereocenters. The van der Waals surface area contributed by atoms with Crippen LogP contribution in [0.15, 0.2) is 41.6 Å². The quantitative estimate of drug-likeness (QED) is 0.829. The van der Waals surface area contributed by atoms with E-state index < -0.39 is 0 Å². The van der Waals surface area contributed by atoms with Crippen LogP contribution in [0.25, 0.3) is 0 Å². The van der Waals surface area contributed by atoms with Gasteiger partial charge in [-0.2, -0.15) is 5.10 Å². The highest BCUT2D eigenvalue weighted by molar-refractivity contribution is 7.98. The molecule has 0 bridgehead atoms. The maximum absolute atomic E-state index is 5.97. The highest BCUT2D eigenvalue weighted by atomic mass is 32.2. The number of aryl methyl sites for hydroxylation is 1. The maximum atomic E-state index is 5.97. The summed E-state index contributed by atoms with van der Waals surface area (Å²) in [5, 5.41) is 4.21. The van der Waals surface area contributed by atoms with Crippen molar-refractivity contribution in [1.82, 2.24) is 14.7 Å². The molecule has 20 heavy (non-hydrogen) atoms. The normalized spacial score (nSPS) is 12.8. The van der Waals surface area contributed by atoms with E-state index in [1.54, 1.807) is 11.8 Å². The Balaban J connectivity index is 2.09. The number of benzene rings is 1. The smallest absolute Gasteiger partial charge is 0.0534 e. The van der Waals surface area contributed by atoms with Crippen molar-refractivity contribution in [3.8, 4) is 0 Å². The van der Waals surface area contributed by atoms with Gasteiger partial charge in [-0.15, -0.1) is 11.8 Å². The first-order chi connectivity index (χ1) is 9.63. The Morgan fingerprint density at radius 3 is 2.55 bits per heavy atom. The van der Waals surface area contributed by atoms with E-state index in [1.165, 1.54) is 16.0 Å². The van der Waals surface area contributed by atoms with Crippen LogP contribution < -0.4 is 5.73 Å². The number of rotatable bonds is 6. The van der Waals surface area contributed by atoms with Gasteiger partial charge in [-0.25, -0.2) is 0 Å². The first-order valence-electron chi connectivity index (χ1n) is 6.66. The van der Waals surface area contributed by atoms with Crippen LogP contribution in [0.4, 0.5) is 0 Å². The highest BCUT2D eigenvalue weighted by Gasteiger charge is 2.16. The molecule has 1 atom stereocenters. The van der Waals surface area contributed by atoms with Crippen LogP contribution >= 0.6 is 11.8 Å². The van der Waals surface area contributed by atoms with E-state index in [9.17, 15) is 0 Å². The van der Waals surface area contributed by atoms with Gasteiger partial charge in [0, 0.05) is 42.8 Å². The van der Waals surface area contributed by atoms with Crippen LogP contribution in [0.3, 0.4) is 0 Å². The van der Waals surface area contributed by atoms with Crippen molar-refractivity contribution >= 4 is 11.8 Å². The minimum atomic E-state index is 0.228. The van der Waals surface area contributed by atoms with Crippen molar-refractivity contribution < 1.29 is 0 Å². The largest absolute Gasteiger partial charge is 0.329 e. The SMILES string of the molecule is CSc1ccc(C(CN)N(C)Cc2cnn(C)c2)cc1. The number of thioether (sulfide) groups is 1. The van der Waals surface area contributed by atoms with Crippen LogP contribution in [0.2, 0.25) is 0 Å². The van der Waals surface area contributed by atoms with E-state index in [0.29, 0.717) is 6.54 Å². The van der Waals surface area contributed by atoms with Crippen molar-refractivity contribution in [2.45, 2.75) is 17.5 Å². The number of hydrogen-bond acceptors (Lipinski definition) is 4. The predicted molar refractivity (Wildman–Crippen MR) is 84.7 cm³/mol. The molecule has 108 valence electrons.